The summed E-state index contributed by atoms with van der Waals surface area (Å²) < 4.78 is 19.2. The minimum atomic E-state index is -0.483. The standard InChI is InChI=1S/C25H25FN6O4/c26-18-3-1-2-17(14-18)15-23-28-22-8-9-31(16-21(22)24(29-23)30-10-12-36-13-11-30)25(33)27-19-4-6-20(7-5-19)32(34)35/h1-7,14H,8-13,15-16H2,(H,27,33). The molecule has 11 heteroatoms. The second-order valence-corrected chi connectivity index (χ2v) is 8.70. The Labute approximate surface area is 206 Å². The molecule has 2 amide bonds. The fourth-order valence-electron chi connectivity index (χ4n) is 4.43. The van der Waals surface area contributed by atoms with Gasteiger partial charge in [-0.15, -0.1) is 0 Å². The van der Waals surface area contributed by atoms with E-state index in [4.69, 9.17) is 14.7 Å². The maximum absolute atomic E-state index is 13.7. The predicted octanol–water partition coefficient (Wildman–Crippen LogP) is 3.54. The molecule has 0 unspecified atom stereocenters. The lowest BCUT2D eigenvalue weighted by Gasteiger charge is -2.34. The number of halogens is 1. The lowest BCUT2D eigenvalue weighted by Crippen LogP contribution is -2.42. The fourth-order valence-corrected chi connectivity index (χ4v) is 4.43. The van der Waals surface area contributed by atoms with Gasteiger partial charge in [-0.3, -0.25) is 10.1 Å². The van der Waals surface area contributed by atoms with Gasteiger partial charge in [0.25, 0.3) is 5.69 Å². The highest BCUT2D eigenvalue weighted by Gasteiger charge is 2.28. The number of aromatic nitrogens is 2. The number of non-ortho nitro benzene ring substituents is 1. The smallest absolute Gasteiger partial charge is 0.322 e. The molecule has 1 aromatic heterocycles. The third-order valence-corrected chi connectivity index (χ3v) is 6.26. The van der Waals surface area contributed by atoms with E-state index in [0.29, 0.717) is 63.7 Å². The highest BCUT2D eigenvalue weighted by molar-refractivity contribution is 5.89. The van der Waals surface area contributed by atoms with Crippen molar-refractivity contribution in [2.24, 2.45) is 0 Å². The molecule has 186 valence electrons. The summed E-state index contributed by atoms with van der Waals surface area (Å²) >= 11 is 0. The topological polar surface area (TPSA) is 114 Å². The van der Waals surface area contributed by atoms with Gasteiger partial charge in [0.1, 0.15) is 17.5 Å². The molecule has 0 spiro atoms. The number of nitrogens with one attached hydrogen (secondary N) is 1. The van der Waals surface area contributed by atoms with Gasteiger partial charge >= 0.3 is 6.03 Å². The second kappa shape index (κ2) is 10.2. The first-order valence-corrected chi connectivity index (χ1v) is 11.7. The zero-order chi connectivity index (χ0) is 25.1. The Morgan fingerprint density at radius 3 is 2.61 bits per heavy atom. The number of hydrogen-bond acceptors (Lipinski definition) is 7. The average Bonchev–Trinajstić information content (AvgIpc) is 2.89. The van der Waals surface area contributed by atoms with Crippen LogP contribution in [0.5, 0.6) is 0 Å². The maximum atomic E-state index is 13.7. The average molecular weight is 493 g/mol. The van der Waals surface area contributed by atoms with Crippen molar-refractivity contribution in [1.29, 1.82) is 0 Å². The van der Waals surface area contributed by atoms with Crippen LogP contribution < -0.4 is 10.2 Å². The summed E-state index contributed by atoms with van der Waals surface area (Å²) in [6.07, 6.45) is 0.964. The van der Waals surface area contributed by atoms with E-state index in [1.807, 2.05) is 6.07 Å². The van der Waals surface area contributed by atoms with Crippen LogP contribution in [-0.2, 0) is 24.1 Å². The Morgan fingerprint density at radius 1 is 1.11 bits per heavy atom. The molecule has 1 fully saturated rings. The molecule has 0 bridgehead atoms. The molecule has 3 heterocycles. The van der Waals surface area contributed by atoms with Gasteiger partial charge in [0.15, 0.2) is 0 Å². The third-order valence-electron chi connectivity index (χ3n) is 6.26. The molecule has 2 aromatic carbocycles. The van der Waals surface area contributed by atoms with Crippen LogP contribution in [0.1, 0.15) is 22.6 Å². The van der Waals surface area contributed by atoms with Crippen molar-refractivity contribution >= 4 is 23.2 Å². The van der Waals surface area contributed by atoms with Crippen LogP contribution in [0.2, 0.25) is 0 Å². The van der Waals surface area contributed by atoms with E-state index in [1.165, 1.54) is 36.4 Å². The number of carbonyl (C=O) groups is 1. The lowest BCUT2D eigenvalue weighted by atomic mass is 10.0. The molecule has 2 aliphatic heterocycles. The summed E-state index contributed by atoms with van der Waals surface area (Å²) in [5, 5.41) is 13.7. The molecule has 0 radical (unpaired) electrons. The number of amides is 2. The summed E-state index contributed by atoms with van der Waals surface area (Å²) in [7, 11) is 0. The predicted molar refractivity (Wildman–Crippen MR) is 130 cm³/mol. The molecule has 2 aliphatic rings. The number of ether oxygens (including phenoxy) is 1. The Morgan fingerprint density at radius 2 is 1.89 bits per heavy atom. The minimum absolute atomic E-state index is 0.0405. The van der Waals surface area contributed by atoms with E-state index in [1.54, 1.807) is 11.0 Å². The third kappa shape index (κ3) is 5.25. The molecular formula is C25H25FN6O4. The van der Waals surface area contributed by atoms with Crippen LogP contribution in [0.4, 0.5) is 26.4 Å². The summed E-state index contributed by atoms with van der Waals surface area (Å²) in [6.45, 7) is 3.33. The normalized spacial score (nSPS) is 15.4. The van der Waals surface area contributed by atoms with E-state index in [-0.39, 0.29) is 17.5 Å². The summed E-state index contributed by atoms with van der Waals surface area (Å²) in [5.74, 6) is 1.10. The number of fused-ring (bicyclic) bond motifs is 1. The number of anilines is 2. The van der Waals surface area contributed by atoms with Crippen LogP contribution in [-0.4, -0.2) is 58.7 Å². The number of rotatable bonds is 5. The van der Waals surface area contributed by atoms with Crippen LogP contribution >= 0.6 is 0 Å². The molecule has 0 atom stereocenters. The van der Waals surface area contributed by atoms with Crippen LogP contribution in [0.3, 0.4) is 0 Å². The summed E-state index contributed by atoms with van der Waals surface area (Å²) in [4.78, 5) is 36.9. The molecule has 0 aliphatic carbocycles. The first-order valence-electron chi connectivity index (χ1n) is 11.7. The first-order chi connectivity index (χ1) is 17.5. The highest BCUT2D eigenvalue weighted by atomic mass is 19.1. The zero-order valence-corrected chi connectivity index (χ0v) is 19.5. The zero-order valence-electron chi connectivity index (χ0n) is 19.5. The van der Waals surface area contributed by atoms with E-state index in [9.17, 15) is 19.3 Å². The Kier molecular flexibility index (Phi) is 6.72. The van der Waals surface area contributed by atoms with Crippen LogP contribution in [0.15, 0.2) is 48.5 Å². The van der Waals surface area contributed by atoms with Gasteiger partial charge in [-0.25, -0.2) is 19.2 Å². The fraction of sp³-hybridized carbons (Fsp3) is 0.320. The number of hydrogen-bond donors (Lipinski definition) is 1. The number of urea groups is 1. The van der Waals surface area contributed by atoms with Gasteiger partial charge in [0.05, 0.1) is 30.4 Å². The van der Waals surface area contributed by atoms with Crippen molar-refractivity contribution in [2.45, 2.75) is 19.4 Å². The van der Waals surface area contributed by atoms with Gasteiger partial charge in [0.2, 0.25) is 0 Å². The number of benzene rings is 2. The van der Waals surface area contributed by atoms with Gasteiger partial charge in [-0.1, -0.05) is 12.1 Å². The Hall–Kier alpha value is -4.12. The van der Waals surface area contributed by atoms with Gasteiger partial charge in [-0.05, 0) is 29.8 Å². The monoisotopic (exact) mass is 492 g/mol. The van der Waals surface area contributed by atoms with Gasteiger partial charge in [0, 0.05) is 55.9 Å². The SMILES string of the molecule is O=C(Nc1ccc([N+](=O)[O-])cc1)N1CCc2nc(Cc3cccc(F)c3)nc(N3CCOCC3)c2C1. The Balaban J connectivity index is 1.38. The molecule has 1 N–H and O–H groups in total. The molecule has 3 aromatic rings. The highest BCUT2D eigenvalue weighted by Crippen LogP contribution is 2.29. The van der Waals surface area contributed by atoms with Gasteiger partial charge in [-0.2, -0.15) is 0 Å². The van der Waals surface area contributed by atoms with Crippen molar-refractivity contribution in [3.8, 4) is 0 Å². The van der Waals surface area contributed by atoms with E-state index >= 15 is 0 Å². The molecule has 5 rings (SSSR count). The van der Waals surface area contributed by atoms with Crippen molar-refractivity contribution in [3.63, 3.8) is 0 Å². The number of morpholine rings is 1. The molecule has 0 saturated carbocycles. The molecular weight excluding hydrogens is 467 g/mol. The van der Waals surface area contributed by atoms with E-state index < -0.39 is 4.92 Å². The number of nitrogens with zero attached hydrogens (tertiary/aromatic N) is 5. The number of nitro groups is 1. The second-order valence-electron chi connectivity index (χ2n) is 8.70. The van der Waals surface area contributed by atoms with Gasteiger partial charge < -0.3 is 19.9 Å². The van der Waals surface area contributed by atoms with E-state index in [0.717, 1.165) is 22.6 Å². The van der Waals surface area contributed by atoms with Crippen molar-refractivity contribution < 1.29 is 18.8 Å². The Bertz CT molecular complexity index is 1280. The number of carbonyl (C=O) groups excluding carboxylic acids is 1. The first kappa shape index (κ1) is 23.6. The van der Waals surface area contributed by atoms with Crippen molar-refractivity contribution in [2.75, 3.05) is 43.1 Å². The maximum Gasteiger partial charge on any atom is 0.322 e. The minimum Gasteiger partial charge on any atom is -0.378 e. The lowest BCUT2D eigenvalue weighted by molar-refractivity contribution is -0.384. The summed E-state index contributed by atoms with van der Waals surface area (Å²) in [5.41, 5.74) is 3.01. The molecule has 36 heavy (non-hydrogen) atoms. The number of nitro benzene ring substituents is 1. The van der Waals surface area contributed by atoms with Crippen LogP contribution in [0.25, 0.3) is 0 Å². The van der Waals surface area contributed by atoms with Crippen LogP contribution in [0, 0.1) is 15.9 Å². The van der Waals surface area contributed by atoms with Crippen molar-refractivity contribution in [3.05, 3.63) is 87.1 Å². The largest absolute Gasteiger partial charge is 0.378 e. The van der Waals surface area contributed by atoms with Crippen molar-refractivity contribution in [1.82, 2.24) is 14.9 Å². The molecule has 1 saturated heterocycles. The summed E-state index contributed by atoms with van der Waals surface area (Å²) in [6, 6.07) is 11.8. The van der Waals surface area contributed by atoms with E-state index in [2.05, 4.69) is 10.2 Å². The quantitative estimate of drug-likeness (QED) is 0.428. The molecule has 10 nitrogen and oxygen atoms in total.